The van der Waals surface area contributed by atoms with Gasteiger partial charge in [-0.3, -0.25) is 4.90 Å². The maximum Gasteiger partial charge on any atom is 0.123 e. The molecule has 0 spiro atoms. The zero-order valence-electron chi connectivity index (χ0n) is 11.5. The van der Waals surface area contributed by atoms with E-state index >= 15 is 0 Å². The van der Waals surface area contributed by atoms with Crippen LogP contribution in [0.3, 0.4) is 0 Å². The van der Waals surface area contributed by atoms with Crippen molar-refractivity contribution < 1.29 is 4.39 Å². The van der Waals surface area contributed by atoms with Crippen molar-refractivity contribution in [2.45, 2.75) is 32.2 Å². The van der Waals surface area contributed by atoms with Crippen molar-refractivity contribution in [3.8, 4) is 11.8 Å². The Bertz CT molecular complexity index is 486. The molecule has 0 amide bonds. The maximum absolute atomic E-state index is 13.0. The fourth-order valence-electron chi connectivity index (χ4n) is 2.40. The van der Waals surface area contributed by atoms with Gasteiger partial charge >= 0.3 is 0 Å². The first kappa shape index (κ1) is 13.8. The first-order valence-corrected chi connectivity index (χ1v) is 6.83. The van der Waals surface area contributed by atoms with Crippen LogP contribution in [-0.2, 0) is 0 Å². The van der Waals surface area contributed by atoms with Crippen molar-refractivity contribution in [1.82, 2.24) is 4.90 Å². The van der Waals surface area contributed by atoms with E-state index in [2.05, 4.69) is 23.3 Å². The molecule has 100 valence electrons. The lowest BCUT2D eigenvalue weighted by molar-refractivity contribution is 0.197. The Balaban J connectivity index is 2.25. The summed E-state index contributed by atoms with van der Waals surface area (Å²) in [6.07, 6.45) is 3.72. The minimum Gasteiger partial charge on any atom is -0.286 e. The molecule has 1 heterocycles. The predicted molar refractivity (Wildman–Crippen MR) is 77.2 cm³/mol. The van der Waals surface area contributed by atoms with E-state index in [-0.39, 0.29) is 11.9 Å². The zero-order chi connectivity index (χ0) is 13.7. The molecule has 1 unspecified atom stereocenters. The van der Waals surface area contributed by atoms with Crippen LogP contribution in [0.15, 0.2) is 36.4 Å². The van der Waals surface area contributed by atoms with Crippen molar-refractivity contribution in [2.24, 2.45) is 0 Å². The summed E-state index contributed by atoms with van der Waals surface area (Å²) in [5.41, 5.74) is 1.93. The van der Waals surface area contributed by atoms with Crippen molar-refractivity contribution >= 4 is 0 Å². The Labute approximate surface area is 115 Å². The molecule has 1 aromatic carbocycles. The lowest BCUT2D eigenvalue weighted by atomic mass is 10.0. The van der Waals surface area contributed by atoms with Crippen LogP contribution >= 0.6 is 0 Å². The van der Waals surface area contributed by atoms with Crippen LogP contribution in [0, 0.1) is 17.7 Å². The van der Waals surface area contributed by atoms with Gasteiger partial charge in [0.2, 0.25) is 0 Å². The number of benzene rings is 1. The molecule has 0 saturated carbocycles. The second kappa shape index (κ2) is 6.54. The van der Waals surface area contributed by atoms with Gasteiger partial charge in [-0.15, -0.1) is 0 Å². The lowest BCUT2D eigenvalue weighted by Gasteiger charge is -2.31. The number of hydrogen-bond donors (Lipinski definition) is 0. The third kappa shape index (κ3) is 3.94. The predicted octanol–water partition coefficient (Wildman–Crippen LogP) is 3.93. The fourth-order valence-corrected chi connectivity index (χ4v) is 2.40. The van der Waals surface area contributed by atoms with Crippen molar-refractivity contribution in [2.75, 3.05) is 13.1 Å². The molecule has 1 saturated heterocycles. The second-order valence-corrected chi connectivity index (χ2v) is 5.10. The number of halogens is 1. The van der Waals surface area contributed by atoms with Crippen LogP contribution < -0.4 is 0 Å². The number of likely N-dealkylation sites (tertiary alicyclic amines) is 1. The third-order valence-corrected chi connectivity index (χ3v) is 3.36. The molecule has 1 aromatic rings. The highest BCUT2D eigenvalue weighted by Crippen LogP contribution is 2.24. The van der Waals surface area contributed by atoms with E-state index in [0.29, 0.717) is 0 Å². The van der Waals surface area contributed by atoms with Gasteiger partial charge in [0.1, 0.15) is 5.82 Å². The van der Waals surface area contributed by atoms with Crippen molar-refractivity contribution in [1.29, 1.82) is 0 Å². The minimum atomic E-state index is -0.200. The number of rotatable bonds is 2. The highest BCUT2D eigenvalue weighted by atomic mass is 19.1. The van der Waals surface area contributed by atoms with Crippen molar-refractivity contribution in [3.63, 3.8) is 0 Å². The van der Waals surface area contributed by atoms with Gasteiger partial charge in [-0.1, -0.05) is 37.0 Å². The van der Waals surface area contributed by atoms with E-state index in [9.17, 15) is 4.39 Å². The van der Waals surface area contributed by atoms with Gasteiger partial charge in [0.05, 0.1) is 6.04 Å². The molecule has 0 radical (unpaired) electrons. The molecule has 0 N–H and O–H groups in total. The number of allylic oxidation sites excluding steroid dienone is 1. The topological polar surface area (TPSA) is 3.24 Å². The van der Waals surface area contributed by atoms with E-state index in [1.54, 1.807) is 0 Å². The molecule has 1 nitrogen and oxygen atoms in total. The molecular weight excluding hydrogens is 237 g/mol. The first-order chi connectivity index (χ1) is 9.16. The summed E-state index contributed by atoms with van der Waals surface area (Å²) in [4.78, 5) is 2.38. The summed E-state index contributed by atoms with van der Waals surface area (Å²) in [6.45, 7) is 7.86. The molecule has 19 heavy (non-hydrogen) atoms. The van der Waals surface area contributed by atoms with Gasteiger partial charge in [-0.2, -0.15) is 0 Å². The smallest absolute Gasteiger partial charge is 0.123 e. The Morgan fingerprint density at radius 2 is 1.84 bits per heavy atom. The molecule has 2 rings (SSSR count). The summed E-state index contributed by atoms with van der Waals surface area (Å²) in [7, 11) is 0. The monoisotopic (exact) mass is 257 g/mol. The number of piperidine rings is 1. The number of hydrogen-bond acceptors (Lipinski definition) is 1. The molecular formula is C17H20FN. The summed E-state index contributed by atoms with van der Waals surface area (Å²) in [5, 5.41) is 0. The number of nitrogens with zero attached hydrogens (tertiary/aromatic N) is 1. The standard InChI is InChI=1S/C17H20FN/c1-14(2)6-11-17(19-12-4-3-5-13-19)15-7-9-16(18)10-8-15/h7-10,17H,1,3-5,12-13H2,2H3. The summed E-state index contributed by atoms with van der Waals surface area (Å²) >= 11 is 0. The zero-order valence-corrected chi connectivity index (χ0v) is 11.5. The van der Waals surface area contributed by atoms with E-state index in [4.69, 9.17) is 0 Å². The summed E-state index contributed by atoms with van der Waals surface area (Å²) in [6, 6.07) is 6.74. The van der Waals surface area contributed by atoms with Gasteiger partial charge < -0.3 is 0 Å². The van der Waals surface area contributed by atoms with Crippen LogP contribution in [0.1, 0.15) is 37.8 Å². The Kier molecular flexibility index (Phi) is 4.76. The van der Waals surface area contributed by atoms with E-state index in [1.807, 2.05) is 19.1 Å². The van der Waals surface area contributed by atoms with Crippen LogP contribution in [0.2, 0.25) is 0 Å². The van der Waals surface area contributed by atoms with Gasteiger partial charge in [0, 0.05) is 0 Å². The highest BCUT2D eigenvalue weighted by molar-refractivity contribution is 5.32. The Morgan fingerprint density at radius 1 is 1.21 bits per heavy atom. The molecule has 0 bridgehead atoms. The van der Waals surface area contributed by atoms with Crippen LogP contribution in [-0.4, -0.2) is 18.0 Å². The molecule has 1 atom stereocenters. The largest absolute Gasteiger partial charge is 0.286 e. The first-order valence-electron chi connectivity index (χ1n) is 6.83. The average molecular weight is 257 g/mol. The molecule has 2 heteroatoms. The van der Waals surface area contributed by atoms with E-state index < -0.39 is 0 Å². The molecule has 0 aliphatic carbocycles. The van der Waals surface area contributed by atoms with E-state index in [1.165, 1.54) is 31.4 Å². The molecule has 1 aliphatic heterocycles. The van der Waals surface area contributed by atoms with Gasteiger partial charge in [0.25, 0.3) is 0 Å². The average Bonchev–Trinajstić information content (AvgIpc) is 2.42. The highest BCUT2D eigenvalue weighted by Gasteiger charge is 2.20. The quantitative estimate of drug-likeness (QED) is 0.726. The van der Waals surface area contributed by atoms with Crippen LogP contribution in [0.25, 0.3) is 0 Å². The van der Waals surface area contributed by atoms with Crippen LogP contribution in [0.4, 0.5) is 4.39 Å². The SMILES string of the molecule is C=C(C)C#CC(c1ccc(F)cc1)N1CCCCC1. The third-order valence-electron chi connectivity index (χ3n) is 3.36. The fraction of sp³-hybridized carbons (Fsp3) is 0.412. The minimum absolute atomic E-state index is 0.0533. The van der Waals surface area contributed by atoms with Gasteiger partial charge in [-0.05, 0) is 56.1 Å². The Hall–Kier alpha value is -1.59. The van der Waals surface area contributed by atoms with Crippen LogP contribution in [0.5, 0.6) is 0 Å². The second-order valence-electron chi connectivity index (χ2n) is 5.10. The summed E-state index contributed by atoms with van der Waals surface area (Å²) < 4.78 is 13.0. The summed E-state index contributed by atoms with van der Waals surface area (Å²) in [5.74, 6) is 6.15. The molecule has 1 fully saturated rings. The molecule has 0 aromatic heterocycles. The Morgan fingerprint density at radius 3 is 2.42 bits per heavy atom. The lowest BCUT2D eigenvalue weighted by Crippen LogP contribution is -2.33. The van der Waals surface area contributed by atoms with Gasteiger partial charge in [-0.25, -0.2) is 4.39 Å². The normalized spacial score (nSPS) is 17.4. The van der Waals surface area contributed by atoms with E-state index in [0.717, 1.165) is 24.2 Å². The van der Waals surface area contributed by atoms with Gasteiger partial charge in [0.15, 0.2) is 0 Å². The molecule has 1 aliphatic rings. The van der Waals surface area contributed by atoms with Crippen molar-refractivity contribution in [3.05, 3.63) is 47.8 Å². The maximum atomic E-state index is 13.0.